The highest BCUT2D eigenvalue weighted by Gasteiger charge is 2.70. The second kappa shape index (κ2) is 12.2. The van der Waals surface area contributed by atoms with Gasteiger partial charge in [-0.15, -0.1) is 0 Å². The minimum absolute atomic E-state index is 0.156. The van der Waals surface area contributed by atoms with Crippen molar-refractivity contribution in [1.29, 1.82) is 0 Å². The molecule has 5 aliphatic rings. The molecule has 0 saturated carbocycles. The number of hydrogen-bond donors (Lipinski definition) is 7. The van der Waals surface area contributed by atoms with E-state index in [4.69, 9.17) is 25.2 Å². The Bertz CT molecular complexity index is 1740. The lowest BCUT2D eigenvalue weighted by molar-refractivity contribution is -0.317. The lowest BCUT2D eigenvalue weighted by atomic mass is 9.79. The van der Waals surface area contributed by atoms with Crippen LogP contribution in [0.25, 0.3) is 16.5 Å². The van der Waals surface area contributed by atoms with Crippen LogP contribution in [0.1, 0.15) is 44.7 Å². The Hall–Kier alpha value is -4.35. The van der Waals surface area contributed by atoms with Crippen LogP contribution in [0.4, 0.5) is 0 Å². The van der Waals surface area contributed by atoms with Crippen molar-refractivity contribution in [1.82, 2.24) is 25.0 Å². The zero-order valence-electron chi connectivity index (χ0n) is 27.5. The average Bonchev–Trinajstić information content (AvgIpc) is 3.75. The molecule has 1 aromatic heterocycles. The third kappa shape index (κ3) is 5.47. The minimum atomic E-state index is -2.27. The third-order valence-electron chi connectivity index (χ3n) is 10.2. The zero-order chi connectivity index (χ0) is 35.7. The van der Waals surface area contributed by atoms with E-state index in [1.807, 2.05) is 33.0 Å². The number of benzene rings is 1. The molecular weight excluding hydrogens is 642 g/mol. The summed E-state index contributed by atoms with van der Waals surface area (Å²) in [7, 11) is 2.02. The van der Waals surface area contributed by atoms with Crippen LogP contribution in [0.2, 0.25) is 0 Å². The molecule has 1 aromatic carbocycles. The number of aromatic amines is 1. The quantitative estimate of drug-likeness (QED) is 0.200. The highest BCUT2D eigenvalue weighted by atomic mass is 16.7. The third-order valence-corrected chi connectivity index (χ3v) is 10.2. The summed E-state index contributed by atoms with van der Waals surface area (Å²) < 4.78 is 6.14. The van der Waals surface area contributed by atoms with Gasteiger partial charge in [0.2, 0.25) is 17.5 Å². The lowest BCUT2D eigenvalue weighted by Gasteiger charge is -2.49. The summed E-state index contributed by atoms with van der Waals surface area (Å²) in [5.41, 5.74) is 2.78. The molecule has 3 saturated heterocycles. The number of ether oxygens (including phenoxy) is 1. The van der Waals surface area contributed by atoms with E-state index in [1.54, 1.807) is 4.90 Å². The van der Waals surface area contributed by atoms with Gasteiger partial charge in [0, 0.05) is 36.2 Å². The Morgan fingerprint density at radius 3 is 2.41 bits per heavy atom. The first-order valence-electron chi connectivity index (χ1n) is 16.2. The number of carboxylic acids is 2. The molecule has 16 heteroatoms. The SMILES string of the molecule is CC(C)[C@H]1C(=O)N2CCC[C@H]2[C@]2(O)O[C@@](C)(NC(=O)[C@@H]3C=C4c5cccc6[nH]cc(c56)C[C@H]4N(C)C3)C(=O)N12.O=C(O)[C@H](O)[C@@H](O)C(=O)O. The highest BCUT2D eigenvalue weighted by Crippen LogP contribution is 2.47. The number of nitrogens with one attached hydrogen (secondary N) is 2. The fourth-order valence-corrected chi connectivity index (χ4v) is 7.90. The van der Waals surface area contributed by atoms with Gasteiger partial charge < -0.3 is 40.7 Å². The number of H-pyrrole nitrogens is 1. The molecule has 2 aromatic rings. The molecule has 0 unspecified atom stereocenters. The number of carboxylic acid groups (broad SMARTS) is 2. The first kappa shape index (κ1) is 34.5. The van der Waals surface area contributed by atoms with Gasteiger partial charge in [-0.3, -0.25) is 28.9 Å². The number of aliphatic carboxylic acids is 2. The van der Waals surface area contributed by atoms with Crippen LogP contribution in [0.5, 0.6) is 0 Å². The van der Waals surface area contributed by atoms with Gasteiger partial charge in [-0.25, -0.2) is 9.59 Å². The highest BCUT2D eigenvalue weighted by molar-refractivity contribution is 6.01. The second-order valence-electron chi connectivity index (χ2n) is 13.8. The smallest absolute Gasteiger partial charge is 0.335 e. The molecule has 1 aliphatic carbocycles. The molecule has 3 fully saturated rings. The van der Waals surface area contributed by atoms with Gasteiger partial charge in [-0.2, -0.15) is 0 Å². The summed E-state index contributed by atoms with van der Waals surface area (Å²) in [5.74, 6) is -7.41. The molecule has 16 nitrogen and oxygen atoms in total. The van der Waals surface area contributed by atoms with Crippen LogP contribution in [0.3, 0.4) is 0 Å². The number of aromatic nitrogens is 1. The van der Waals surface area contributed by atoms with Crippen LogP contribution in [0, 0.1) is 11.8 Å². The minimum Gasteiger partial charge on any atom is -0.479 e. The number of carbonyl (C=O) groups is 5. The maximum absolute atomic E-state index is 13.9. The van der Waals surface area contributed by atoms with E-state index >= 15 is 0 Å². The Morgan fingerprint density at radius 1 is 1.10 bits per heavy atom. The summed E-state index contributed by atoms with van der Waals surface area (Å²) in [6.07, 6.45) is 1.66. The molecule has 5 heterocycles. The van der Waals surface area contributed by atoms with Crippen LogP contribution in [0.15, 0.2) is 30.5 Å². The molecule has 8 atom stereocenters. The summed E-state index contributed by atoms with van der Waals surface area (Å²) in [6.45, 7) is 6.18. The molecule has 264 valence electrons. The van der Waals surface area contributed by atoms with Crippen molar-refractivity contribution in [3.8, 4) is 0 Å². The fraction of sp³-hybridized carbons (Fsp3) is 0.545. The number of aliphatic hydroxyl groups is 3. The van der Waals surface area contributed by atoms with Gasteiger partial charge in [0.15, 0.2) is 12.2 Å². The van der Waals surface area contributed by atoms with Gasteiger partial charge in [-0.05, 0) is 61.9 Å². The molecule has 0 spiro atoms. The van der Waals surface area contributed by atoms with Gasteiger partial charge in [0.1, 0.15) is 12.1 Å². The number of likely N-dealkylation sites (N-methyl/N-ethyl adjacent to an activating group) is 1. The number of carbonyl (C=O) groups excluding carboxylic acids is 3. The van der Waals surface area contributed by atoms with E-state index in [0.717, 1.165) is 29.5 Å². The van der Waals surface area contributed by atoms with Crippen LogP contribution < -0.4 is 5.32 Å². The molecule has 3 amide bonds. The number of aliphatic hydroxyl groups excluding tert-OH is 2. The number of rotatable bonds is 6. The maximum atomic E-state index is 13.9. The predicted octanol–water partition coefficient (Wildman–Crippen LogP) is -0.718. The van der Waals surface area contributed by atoms with Crippen LogP contribution in [-0.2, 0) is 35.1 Å². The van der Waals surface area contributed by atoms with E-state index in [1.165, 1.54) is 22.8 Å². The normalized spacial score (nSPS) is 31.7. The summed E-state index contributed by atoms with van der Waals surface area (Å²) in [6, 6.07) is 4.81. The first-order valence-corrected chi connectivity index (χ1v) is 16.2. The molecule has 7 rings (SSSR count). The van der Waals surface area contributed by atoms with E-state index < -0.39 is 59.7 Å². The van der Waals surface area contributed by atoms with Gasteiger partial charge in [0.05, 0.1) is 5.92 Å². The van der Waals surface area contributed by atoms with Crippen LogP contribution in [-0.4, -0.2) is 137 Å². The molecule has 0 bridgehead atoms. The average molecular weight is 684 g/mol. The fourth-order valence-electron chi connectivity index (χ4n) is 7.90. The summed E-state index contributed by atoms with van der Waals surface area (Å²) in [5, 5.41) is 48.4. The van der Waals surface area contributed by atoms with Crippen molar-refractivity contribution in [2.45, 2.75) is 82.0 Å². The zero-order valence-corrected chi connectivity index (χ0v) is 27.5. The molecule has 0 radical (unpaired) electrons. The molecule has 4 aliphatic heterocycles. The summed E-state index contributed by atoms with van der Waals surface area (Å²) in [4.78, 5) is 68.9. The van der Waals surface area contributed by atoms with E-state index in [9.17, 15) is 29.1 Å². The van der Waals surface area contributed by atoms with E-state index in [-0.39, 0.29) is 23.8 Å². The number of fused-ring (bicyclic) bond motifs is 5. The molecular formula is C33H41N5O11. The van der Waals surface area contributed by atoms with Crippen molar-refractivity contribution in [2.75, 3.05) is 20.1 Å². The number of nitrogens with zero attached hydrogens (tertiary/aromatic N) is 3. The standard InChI is InChI=1S/C29H35N5O5.C4H6O6/c1-15(2)24-26(36)33-10-6-9-22(33)29(38)34(24)27(37)28(3,39-29)31-25(35)17-11-19-18-7-5-8-20-23(18)16(13-30-20)12-21(19)32(4)14-17;5-1(3(7)8)2(6)4(9)10/h5,7-8,11,13,15,17,21-22,24,30,38H,6,9-10,12,14H2,1-4H3,(H,31,35);1-2,5-6H,(H,7,8)(H,9,10)/t17-,21-,22+,24+,28-,29+;1-,2-/m11/s1. The van der Waals surface area contributed by atoms with E-state index in [2.05, 4.69) is 33.5 Å². The molecule has 49 heavy (non-hydrogen) atoms. The summed E-state index contributed by atoms with van der Waals surface area (Å²) >= 11 is 0. The predicted molar refractivity (Wildman–Crippen MR) is 170 cm³/mol. The largest absolute Gasteiger partial charge is 0.479 e. The first-order chi connectivity index (χ1) is 23.0. The van der Waals surface area contributed by atoms with E-state index in [0.29, 0.717) is 19.5 Å². The Kier molecular flexibility index (Phi) is 8.60. The van der Waals surface area contributed by atoms with Crippen molar-refractivity contribution < 1.29 is 54.2 Å². The Balaban J connectivity index is 0.000000365. The number of amides is 3. The Morgan fingerprint density at radius 2 is 1.78 bits per heavy atom. The maximum Gasteiger partial charge on any atom is 0.335 e. The van der Waals surface area contributed by atoms with Crippen molar-refractivity contribution in [2.24, 2.45) is 11.8 Å². The van der Waals surface area contributed by atoms with Crippen molar-refractivity contribution in [3.63, 3.8) is 0 Å². The van der Waals surface area contributed by atoms with Crippen molar-refractivity contribution >= 4 is 46.1 Å². The monoisotopic (exact) mass is 683 g/mol. The van der Waals surface area contributed by atoms with Gasteiger partial charge in [0.25, 0.3) is 11.8 Å². The lowest BCUT2D eigenvalue weighted by Crippen LogP contribution is -2.72. The number of hydrogen-bond acceptors (Lipinski definition) is 10. The topological polar surface area (TPSA) is 233 Å². The Labute approximate surface area is 280 Å². The van der Waals surface area contributed by atoms with Gasteiger partial charge >= 0.3 is 11.9 Å². The number of piperazine rings is 1. The molecule has 7 N–H and O–H groups in total. The van der Waals surface area contributed by atoms with Crippen LogP contribution >= 0.6 is 0 Å². The van der Waals surface area contributed by atoms with Crippen molar-refractivity contribution in [3.05, 3.63) is 41.6 Å². The second-order valence-corrected chi connectivity index (χ2v) is 13.8. The van der Waals surface area contributed by atoms with Gasteiger partial charge in [-0.1, -0.05) is 32.1 Å².